The third-order valence-corrected chi connectivity index (χ3v) is 4.22. The summed E-state index contributed by atoms with van der Waals surface area (Å²) in [4.78, 5) is 25.7. The van der Waals surface area contributed by atoms with E-state index in [4.69, 9.17) is 9.47 Å². The molecule has 0 aromatic heterocycles. The van der Waals surface area contributed by atoms with E-state index in [1.165, 1.54) is 0 Å². The van der Waals surface area contributed by atoms with Crippen LogP contribution in [0.4, 0.5) is 4.79 Å². The molecule has 6 nitrogen and oxygen atoms in total. The van der Waals surface area contributed by atoms with Gasteiger partial charge in [0, 0.05) is 19.1 Å². The zero-order valence-electron chi connectivity index (χ0n) is 16.3. The number of ether oxygens (including phenoxy) is 2. The molecule has 24 heavy (non-hydrogen) atoms. The molecule has 0 radical (unpaired) electrons. The lowest BCUT2D eigenvalue weighted by atomic mass is 9.88. The van der Waals surface area contributed by atoms with Gasteiger partial charge in [0.2, 0.25) is 5.91 Å². The van der Waals surface area contributed by atoms with Gasteiger partial charge in [-0.05, 0) is 46.0 Å². The Kier molecular flexibility index (Phi) is 7.08. The Morgan fingerprint density at radius 3 is 2.12 bits per heavy atom. The van der Waals surface area contributed by atoms with E-state index in [9.17, 15) is 9.59 Å². The number of nitrogens with one attached hydrogen (secondary N) is 1. The maximum absolute atomic E-state index is 12.0. The largest absolute Gasteiger partial charge is 0.444 e. The van der Waals surface area contributed by atoms with Crippen LogP contribution in [-0.4, -0.2) is 54.3 Å². The zero-order valence-corrected chi connectivity index (χ0v) is 16.3. The number of rotatable bonds is 4. The summed E-state index contributed by atoms with van der Waals surface area (Å²) < 4.78 is 11.1. The van der Waals surface area contributed by atoms with E-state index < -0.39 is 5.60 Å². The molecule has 1 N–H and O–H groups in total. The van der Waals surface area contributed by atoms with Crippen molar-refractivity contribution in [2.75, 3.05) is 19.7 Å². The fourth-order valence-electron chi connectivity index (χ4n) is 2.22. The van der Waals surface area contributed by atoms with E-state index in [1.807, 2.05) is 27.7 Å². The van der Waals surface area contributed by atoms with Gasteiger partial charge in [0.25, 0.3) is 0 Å². The fraction of sp³-hybridized carbons (Fsp3) is 0.889. The Hall–Kier alpha value is -1.30. The van der Waals surface area contributed by atoms with Crippen LogP contribution in [0, 0.1) is 5.41 Å². The van der Waals surface area contributed by atoms with Crippen LogP contribution in [0.3, 0.4) is 0 Å². The van der Waals surface area contributed by atoms with Gasteiger partial charge in [-0.15, -0.1) is 0 Å². The molecule has 1 heterocycles. The van der Waals surface area contributed by atoms with Gasteiger partial charge < -0.3 is 19.7 Å². The van der Waals surface area contributed by atoms with E-state index in [2.05, 4.69) is 26.1 Å². The number of hydrogen-bond acceptors (Lipinski definition) is 4. The normalized spacial score (nSPS) is 18.2. The fourth-order valence-corrected chi connectivity index (χ4v) is 2.22. The van der Waals surface area contributed by atoms with Crippen LogP contribution in [-0.2, 0) is 14.3 Å². The van der Waals surface area contributed by atoms with Crippen molar-refractivity contribution in [2.24, 2.45) is 5.41 Å². The Bertz CT molecular complexity index is 429. The van der Waals surface area contributed by atoms with Gasteiger partial charge in [-0.3, -0.25) is 4.79 Å². The van der Waals surface area contributed by atoms with E-state index >= 15 is 0 Å². The molecule has 1 saturated heterocycles. The predicted molar refractivity (Wildman–Crippen MR) is 93.8 cm³/mol. The van der Waals surface area contributed by atoms with Crippen molar-refractivity contribution in [3.63, 3.8) is 0 Å². The van der Waals surface area contributed by atoms with Crippen LogP contribution in [0.25, 0.3) is 0 Å². The molecule has 2 amide bonds. The number of nitrogens with zero attached hydrogens (tertiary/aromatic N) is 1. The Balaban J connectivity index is 2.29. The van der Waals surface area contributed by atoms with Gasteiger partial charge in [0.1, 0.15) is 12.2 Å². The second-order valence-corrected chi connectivity index (χ2v) is 8.63. The number of likely N-dealkylation sites (tertiary alicyclic amines) is 1. The molecule has 1 aliphatic rings. The molecular formula is C18H34N2O4. The van der Waals surface area contributed by atoms with Crippen molar-refractivity contribution in [2.45, 2.75) is 79.1 Å². The lowest BCUT2D eigenvalue weighted by Gasteiger charge is -2.33. The van der Waals surface area contributed by atoms with Crippen LogP contribution >= 0.6 is 0 Å². The van der Waals surface area contributed by atoms with Crippen molar-refractivity contribution >= 4 is 12.0 Å². The van der Waals surface area contributed by atoms with E-state index in [1.54, 1.807) is 4.90 Å². The quantitative estimate of drug-likeness (QED) is 0.853. The summed E-state index contributed by atoms with van der Waals surface area (Å²) in [7, 11) is 0. The summed E-state index contributed by atoms with van der Waals surface area (Å²) in [6.45, 7) is 15.1. The van der Waals surface area contributed by atoms with Crippen molar-refractivity contribution < 1.29 is 19.1 Å². The molecule has 0 aromatic rings. The molecular weight excluding hydrogens is 308 g/mol. The molecule has 1 rings (SSSR count). The SMILES string of the molecule is CC(NC(=O)COC1CCN(C(=O)OC(C)(C)C)CC1)C(C)(C)C. The van der Waals surface area contributed by atoms with Crippen LogP contribution in [0.15, 0.2) is 0 Å². The van der Waals surface area contributed by atoms with Gasteiger partial charge in [0.15, 0.2) is 0 Å². The molecule has 140 valence electrons. The lowest BCUT2D eigenvalue weighted by molar-refractivity contribution is -0.130. The Morgan fingerprint density at radius 2 is 1.67 bits per heavy atom. The van der Waals surface area contributed by atoms with Crippen LogP contribution in [0.1, 0.15) is 61.3 Å². The first-order valence-electron chi connectivity index (χ1n) is 8.77. The highest BCUT2D eigenvalue weighted by Crippen LogP contribution is 2.19. The maximum atomic E-state index is 12.0. The average molecular weight is 342 g/mol. The smallest absolute Gasteiger partial charge is 0.410 e. The van der Waals surface area contributed by atoms with Gasteiger partial charge in [-0.2, -0.15) is 0 Å². The molecule has 0 saturated carbocycles. The summed E-state index contributed by atoms with van der Waals surface area (Å²) in [5.41, 5.74) is -0.458. The number of carbonyl (C=O) groups is 2. The number of amides is 2. The third-order valence-electron chi connectivity index (χ3n) is 4.22. The highest BCUT2D eigenvalue weighted by molar-refractivity contribution is 5.77. The molecule has 1 aliphatic heterocycles. The van der Waals surface area contributed by atoms with Gasteiger partial charge >= 0.3 is 6.09 Å². The van der Waals surface area contributed by atoms with Crippen molar-refractivity contribution in [1.82, 2.24) is 10.2 Å². The predicted octanol–water partition coefficient (Wildman–Crippen LogP) is 2.95. The molecule has 1 unspecified atom stereocenters. The molecule has 6 heteroatoms. The summed E-state index contributed by atoms with van der Waals surface area (Å²) >= 11 is 0. The van der Waals surface area contributed by atoms with E-state index in [0.29, 0.717) is 13.1 Å². The first-order chi connectivity index (χ1) is 10.9. The van der Waals surface area contributed by atoms with Gasteiger partial charge in [-0.25, -0.2) is 4.79 Å². The Labute approximate surface area is 146 Å². The molecule has 0 aromatic carbocycles. The second-order valence-electron chi connectivity index (χ2n) is 8.63. The minimum Gasteiger partial charge on any atom is -0.444 e. The molecule has 1 atom stereocenters. The highest BCUT2D eigenvalue weighted by atomic mass is 16.6. The van der Waals surface area contributed by atoms with E-state index in [-0.39, 0.29) is 36.2 Å². The number of piperidine rings is 1. The summed E-state index contributed by atoms with van der Waals surface area (Å²) in [5.74, 6) is -0.0907. The lowest BCUT2D eigenvalue weighted by Crippen LogP contribution is -2.45. The average Bonchev–Trinajstić information content (AvgIpc) is 2.42. The third kappa shape index (κ3) is 7.51. The zero-order chi connectivity index (χ0) is 18.5. The van der Waals surface area contributed by atoms with Crippen molar-refractivity contribution in [3.05, 3.63) is 0 Å². The second kappa shape index (κ2) is 8.19. The minimum atomic E-state index is -0.480. The summed E-state index contributed by atoms with van der Waals surface area (Å²) in [5, 5.41) is 2.96. The van der Waals surface area contributed by atoms with Gasteiger partial charge in [-0.1, -0.05) is 20.8 Å². The molecule has 0 aliphatic carbocycles. The standard InChI is InChI=1S/C18H34N2O4/c1-13(17(2,3)4)19-15(21)12-23-14-8-10-20(11-9-14)16(22)24-18(5,6)7/h13-14H,8-12H2,1-7H3,(H,19,21). The van der Waals surface area contributed by atoms with E-state index in [0.717, 1.165) is 12.8 Å². The van der Waals surface area contributed by atoms with Gasteiger partial charge in [0.05, 0.1) is 6.10 Å². The topological polar surface area (TPSA) is 67.9 Å². The highest BCUT2D eigenvalue weighted by Gasteiger charge is 2.28. The maximum Gasteiger partial charge on any atom is 0.410 e. The summed E-state index contributed by atoms with van der Waals surface area (Å²) in [6, 6.07) is 0.0858. The summed E-state index contributed by atoms with van der Waals surface area (Å²) in [6.07, 6.45) is 1.18. The van der Waals surface area contributed by atoms with Crippen molar-refractivity contribution in [1.29, 1.82) is 0 Å². The van der Waals surface area contributed by atoms with Crippen molar-refractivity contribution in [3.8, 4) is 0 Å². The molecule has 0 spiro atoms. The minimum absolute atomic E-state index is 0.0133. The number of carbonyl (C=O) groups excluding carboxylic acids is 2. The first-order valence-corrected chi connectivity index (χ1v) is 8.77. The molecule has 1 fully saturated rings. The van der Waals surface area contributed by atoms with Crippen LogP contribution in [0.2, 0.25) is 0 Å². The monoisotopic (exact) mass is 342 g/mol. The number of hydrogen-bond donors (Lipinski definition) is 1. The molecule has 0 bridgehead atoms. The Morgan fingerprint density at radius 1 is 1.12 bits per heavy atom. The first kappa shape index (κ1) is 20.7. The van der Waals surface area contributed by atoms with Crippen LogP contribution in [0.5, 0.6) is 0 Å². The van der Waals surface area contributed by atoms with Crippen LogP contribution < -0.4 is 5.32 Å².